The van der Waals surface area contributed by atoms with E-state index in [1.54, 1.807) is 34.9 Å². The van der Waals surface area contributed by atoms with Gasteiger partial charge in [0.1, 0.15) is 18.6 Å². The first-order chi connectivity index (χ1) is 16.4. The quantitative estimate of drug-likeness (QED) is 0.400. The second kappa shape index (κ2) is 11.3. The Labute approximate surface area is 212 Å². The van der Waals surface area contributed by atoms with Crippen molar-refractivity contribution in [3.63, 3.8) is 0 Å². The molecule has 0 unspecified atom stereocenters. The molecule has 1 aliphatic heterocycles. The molecule has 1 saturated heterocycles. The summed E-state index contributed by atoms with van der Waals surface area (Å²) in [6.07, 6.45) is 3.39. The Hall–Kier alpha value is -2.45. The maximum Gasteiger partial charge on any atom is 0.256 e. The van der Waals surface area contributed by atoms with Gasteiger partial charge in [0.05, 0.1) is 22.2 Å². The van der Waals surface area contributed by atoms with Gasteiger partial charge in [-0.25, -0.2) is 0 Å². The molecule has 4 rings (SSSR count). The lowest BCUT2D eigenvalue weighted by Crippen LogP contribution is -2.48. The van der Waals surface area contributed by atoms with Gasteiger partial charge in [0.2, 0.25) is 11.2 Å². The number of hydrogen-bond acceptors (Lipinski definition) is 6. The van der Waals surface area contributed by atoms with Crippen LogP contribution in [0.25, 0.3) is 0 Å². The zero-order valence-corrected chi connectivity index (χ0v) is 21.0. The highest BCUT2D eigenvalue weighted by atomic mass is 35.5. The van der Waals surface area contributed by atoms with Crippen molar-refractivity contribution in [2.45, 2.75) is 18.0 Å². The van der Waals surface area contributed by atoms with E-state index in [4.69, 9.17) is 32.4 Å². The number of amides is 1. The fourth-order valence-electron chi connectivity index (χ4n) is 3.70. The zero-order valence-electron chi connectivity index (χ0n) is 18.6. The third-order valence-corrected chi connectivity index (χ3v) is 6.99. The second-order valence-electron chi connectivity index (χ2n) is 7.88. The van der Waals surface area contributed by atoms with Crippen LogP contribution in [-0.2, 0) is 13.2 Å². The first-order valence-electron chi connectivity index (χ1n) is 10.8. The molecule has 0 spiro atoms. The van der Waals surface area contributed by atoms with Crippen LogP contribution in [0, 0.1) is 0 Å². The molecule has 0 radical (unpaired) electrons. The monoisotopic (exact) mass is 518 g/mol. The summed E-state index contributed by atoms with van der Waals surface area (Å²) in [4.78, 5) is 30.4. The molecule has 1 aromatic heterocycles. The average molecular weight is 519 g/mol. The maximum atomic E-state index is 12.8. The molecule has 34 heavy (non-hydrogen) atoms. The van der Waals surface area contributed by atoms with E-state index in [0.29, 0.717) is 60.7 Å². The smallest absolute Gasteiger partial charge is 0.256 e. The minimum Gasteiger partial charge on any atom is -0.482 e. The first-order valence-corrected chi connectivity index (χ1v) is 12.8. The second-order valence-corrected chi connectivity index (χ2v) is 9.57. The fourth-order valence-corrected chi connectivity index (χ4v) is 4.67. The number of carbonyl (C=O) groups is 1. The van der Waals surface area contributed by atoms with Crippen LogP contribution in [0.2, 0.25) is 10.0 Å². The summed E-state index contributed by atoms with van der Waals surface area (Å²) >= 11 is 14.0. The summed E-state index contributed by atoms with van der Waals surface area (Å²) in [7, 11) is 0. The Morgan fingerprint density at radius 1 is 1.06 bits per heavy atom. The number of rotatable bonds is 7. The lowest BCUT2D eigenvalue weighted by Gasteiger charge is -2.34. The van der Waals surface area contributed by atoms with Gasteiger partial charge in [-0.3, -0.25) is 14.5 Å². The lowest BCUT2D eigenvalue weighted by molar-refractivity contribution is 0.0619. The van der Waals surface area contributed by atoms with E-state index >= 15 is 0 Å². The van der Waals surface area contributed by atoms with Crippen LogP contribution in [0.5, 0.6) is 5.75 Å². The molecular formula is C25H24Cl2N2O4S. The van der Waals surface area contributed by atoms with E-state index in [9.17, 15) is 9.59 Å². The van der Waals surface area contributed by atoms with E-state index in [0.717, 1.165) is 5.56 Å². The van der Waals surface area contributed by atoms with Gasteiger partial charge in [0.15, 0.2) is 0 Å². The van der Waals surface area contributed by atoms with Crippen LogP contribution in [0.3, 0.4) is 0 Å². The highest BCUT2D eigenvalue weighted by Gasteiger charge is 2.25. The molecule has 1 fully saturated rings. The number of nitrogens with zero attached hydrogens (tertiary/aromatic N) is 2. The number of thioether (sulfide) groups is 1. The first kappa shape index (κ1) is 24.7. The van der Waals surface area contributed by atoms with E-state index in [1.807, 2.05) is 30.5 Å². The molecule has 2 heterocycles. The van der Waals surface area contributed by atoms with Crippen molar-refractivity contribution in [1.29, 1.82) is 0 Å². The Bertz CT molecular complexity index is 1190. The number of carbonyl (C=O) groups excluding carboxylic acids is 1. The molecule has 1 aliphatic rings. The Kier molecular flexibility index (Phi) is 8.21. The Balaban J connectivity index is 1.30. The van der Waals surface area contributed by atoms with Crippen LogP contribution in [-0.4, -0.2) is 48.1 Å². The SMILES string of the molecule is CSc1ccc(COc2coc(CN3CCN(C(=O)c4c(Cl)cccc4Cl)CC3)cc2=O)cc1. The van der Waals surface area contributed by atoms with Crippen LogP contribution < -0.4 is 10.2 Å². The topological polar surface area (TPSA) is 63.0 Å². The number of benzene rings is 2. The van der Waals surface area contributed by atoms with Crippen LogP contribution in [0.15, 0.2) is 68.9 Å². The molecule has 0 N–H and O–H groups in total. The van der Waals surface area contributed by atoms with E-state index in [-0.39, 0.29) is 17.1 Å². The van der Waals surface area contributed by atoms with Gasteiger partial charge < -0.3 is 14.1 Å². The highest BCUT2D eigenvalue weighted by molar-refractivity contribution is 7.98. The van der Waals surface area contributed by atoms with Crippen molar-refractivity contribution in [2.75, 3.05) is 32.4 Å². The Morgan fingerprint density at radius 3 is 2.35 bits per heavy atom. The number of piperazine rings is 1. The standard InChI is InChI=1S/C25H24Cl2N2O4S/c1-34-19-7-5-17(6-8-19)15-33-23-16-32-18(13-22(23)30)14-28-9-11-29(12-10-28)25(31)24-20(26)3-2-4-21(24)27/h2-8,13,16H,9-12,14-15H2,1H3. The van der Waals surface area contributed by atoms with Crippen molar-refractivity contribution in [1.82, 2.24) is 9.80 Å². The van der Waals surface area contributed by atoms with E-state index in [1.165, 1.54) is 17.2 Å². The van der Waals surface area contributed by atoms with Crippen LogP contribution in [0.1, 0.15) is 21.7 Å². The highest BCUT2D eigenvalue weighted by Crippen LogP contribution is 2.26. The van der Waals surface area contributed by atoms with Crippen LogP contribution in [0.4, 0.5) is 0 Å². The molecule has 0 saturated carbocycles. The summed E-state index contributed by atoms with van der Waals surface area (Å²) in [5.74, 6) is 0.562. The van der Waals surface area contributed by atoms with Crippen molar-refractivity contribution in [3.05, 3.63) is 91.9 Å². The van der Waals surface area contributed by atoms with Gasteiger partial charge in [-0.15, -0.1) is 11.8 Å². The van der Waals surface area contributed by atoms with Crippen LogP contribution >= 0.6 is 35.0 Å². The molecule has 0 atom stereocenters. The fraction of sp³-hybridized carbons (Fsp3) is 0.280. The molecule has 1 amide bonds. The molecule has 2 aromatic carbocycles. The van der Waals surface area contributed by atoms with Gasteiger partial charge in [-0.1, -0.05) is 41.4 Å². The van der Waals surface area contributed by atoms with Gasteiger partial charge in [-0.2, -0.15) is 0 Å². The van der Waals surface area contributed by atoms with Crippen molar-refractivity contribution < 1.29 is 13.9 Å². The van der Waals surface area contributed by atoms with Gasteiger partial charge in [0.25, 0.3) is 5.91 Å². The normalized spacial score (nSPS) is 14.3. The zero-order chi connectivity index (χ0) is 24.1. The largest absolute Gasteiger partial charge is 0.482 e. The number of halogens is 2. The van der Waals surface area contributed by atoms with Gasteiger partial charge in [-0.05, 0) is 36.1 Å². The summed E-state index contributed by atoms with van der Waals surface area (Å²) in [5, 5.41) is 0.696. The summed E-state index contributed by atoms with van der Waals surface area (Å²) in [6.45, 7) is 3.11. The summed E-state index contributed by atoms with van der Waals surface area (Å²) in [5.41, 5.74) is 1.09. The van der Waals surface area contributed by atoms with Crippen molar-refractivity contribution in [2.24, 2.45) is 0 Å². The minimum atomic E-state index is -0.218. The van der Waals surface area contributed by atoms with E-state index in [2.05, 4.69) is 4.90 Å². The Morgan fingerprint density at radius 2 is 1.74 bits per heavy atom. The lowest BCUT2D eigenvalue weighted by atomic mass is 10.1. The summed E-state index contributed by atoms with van der Waals surface area (Å²) < 4.78 is 11.3. The summed E-state index contributed by atoms with van der Waals surface area (Å²) in [6, 6.07) is 14.5. The predicted octanol–water partition coefficient (Wildman–Crippen LogP) is 5.21. The predicted molar refractivity (Wildman–Crippen MR) is 135 cm³/mol. The number of hydrogen-bond donors (Lipinski definition) is 0. The molecule has 9 heteroatoms. The average Bonchev–Trinajstić information content (AvgIpc) is 2.84. The van der Waals surface area contributed by atoms with Crippen molar-refractivity contribution >= 4 is 40.9 Å². The molecule has 178 valence electrons. The third-order valence-electron chi connectivity index (χ3n) is 5.62. The molecule has 0 bridgehead atoms. The molecule has 6 nitrogen and oxygen atoms in total. The number of ether oxygens (including phenoxy) is 1. The minimum absolute atomic E-state index is 0.175. The molecule has 3 aromatic rings. The van der Waals surface area contributed by atoms with Crippen molar-refractivity contribution in [3.8, 4) is 5.75 Å². The molecular weight excluding hydrogens is 495 g/mol. The third kappa shape index (κ3) is 5.96. The van der Waals surface area contributed by atoms with E-state index < -0.39 is 0 Å². The van der Waals surface area contributed by atoms with Gasteiger partial charge >= 0.3 is 0 Å². The maximum absolute atomic E-state index is 12.8. The molecule has 0 aliphatic carbocycles. The van der Waals surface area contributed by atoms with Gasteiger partial charge in [0, 0.05) is 37.1 Å².